The Labute approximate surface area is 88.4 Å². The molecule has 0 aliphatic carbocycles. The minimum absolute atomic E-state index is 0.506. The fraction of sp³-hybridized carbons (Fsp3) is 0.250. The number of nitrogens with zero attached hydrogens (tertiary/aromatic N) is 1. The summed E-state index contributed by atoms with van der Waals surface area (Å²) in [5.74, 6) is 0.506. The molecule has 0 saturated heterocycles. The topological polar surface area (TPSA) is 12.9 Å². The van der Waals surface area contributed by atoms with E-state index < -0.39 is 0 Å². The van der Waals surface area contributed by atoms with Crippen molar-refractivity contribution >= 4 is 11.3 Å². The van der Waals surface area contributed by atoms with Gasteiger partial charge in [0.1, 0.15) is 0 Å². The quantitative estimate of drug-likeness (QED) is 0.720. The highest BCUT2D eigenvalue weighted by atomic mass is 32.1. The van der Waals surface area contributed by atoms with Crippen molar-refractivity contribution in [3.63, 3.8) is 0 Å². The summed E-state index contributed by atoms with van der Waals surface area (Å²) >= 11 is 1.72. The highest BCUT2D eigenvalue weighted by Crippen LogP contribution is 2.22. The Bertz CT molecular complexity index is 387. The first-order valence-corrected chi connectivity index (χ1v) is 5.70. The Morgan fingerprint density at radius 2 is 2.00 bits per heavy atom. The van der Waals surface area contributed by atoms with Gasteiger partial charge in [-0.2, -0.15) is 11.3 Å². The maximum atomic E-state index is 4.44. The number of thiophene rings is 1. The molecule has 0 N–H and O–H groups in total. The van der Waals surface area contributed by atoms with E-state index >= 15 is 0 Å². The molecule has 0 amide bonds. The lowest BCUT2D eigenvalue weighted by molar-refractivity contribution is 0.823. The van der Waals surface area contributed by atoms with E-state index in [0.717, 1.165) is 5.69 Å². The Morgan fingerprint density at radius 3 is 2.50 bits per heavy atom. The first kappa shape index (κ1) is 9.41. The van der Waals surface area contributed by atoms with Gasteiger partial charge in [0.2, 0.25) is 0 Å². The van der Waals surface area contributed by atoms with Crippen LogP contribution in [0.4, 0.5) is 0 Å². The molecule has 0 unspecified atom stereocenters. The molecule has 14 heavy (non-hydrogen) atoms. The van der Waals surface area contributed by atoms with Crippen LogP contribution in [0, 0.1) is 0 Å². The molecule has 2 heterocycles. The summed E-state index contributed by atoms with van der Waals surface area (Å²) in [4.78, 5) is 4.44. The highest BCUT2D eigenvalue weighted by Gasteiger charge is 2.01. The maximum Gasteiger partial charge on any atom is 0.0429 e. The molecule has 0 bridgehead atoms. The van der Waals surface area contributed by atoms with Gasteiger partial charge in [0.15, 0.2) is 0 Å². The van der Waals surface area contributed by atoms with Gasteiger partial charge in [0.25, 0.3) is 0 Å². The molecule has 0 atom stereocenters. The molecule has 0 aliphatic rings. The zero-order valence-corrected chi connectivity index (χ0v) is 9.21. The van der Waals surface area contributed by atoms with Crippen LogP contribution in [0.5, 0.6) is 0 Å². The second-order valence-corrected chi connectivity index (χ2v) is 4.42. The fourth-order valence-electron chi connectivity index (χ4n) is 1.35. The molecular weight excluding hydrogens is 190 g/mol. The molecule has 2 aromatic rings. The van der Waals surface area contributed by atoms with E-state index in [-0.39, 0.29) is 0 Å². The highest BCUT2D eigenvalue weighted by molar-refractivity contribution is 7.08. The second kappa shape index (κ2) is 3.93. The molecule has 0 aliphatic heterocycles. The molecule has 1 nitrogen and oxygen atoms in total. The molecule has 2 heteroatoms. The van der Waals surface area contributed by atoms with Crippen LogP contribution in [0.25, 0.3) is 11.1 Å². The number of hydrogen-bond acceptors (Lipinski definition) is 2. The van der Waals surface area contributed by atoms with Gasteiger partial charge in [-0.05, 0) is 34.4 Å². The molecular formula is C12H13NS. The van der Waals surface area contributed by atoms with E-state index in [1.807, 2.05) is 6.20 Å². The first-order chi connectivity index (χ1) is 6.77. The van der Waals surface area contributed by atoms with E-state index in [9.17, 15) is 0 Å². The van der Waals surface area contributed by atoms with Crippen molar-refractivity contribution in [1.29, 1.82) is 0 Å². The van der Waals surface area contributed by atoms with Crippen molar-refractivity contribution in [3.8, 4) is 11.1 Å². The summed E-state index contributed by atoms with van der Waals surface area (Å²) in [5.41, 5.74) is 3.62. The number of rotatable bonds is 2. The van der Waals surface area contributed by atoms with Crippen molar-refractivity contribution in [2.24, 2.45) is 0 Å². The number of aromatic nitrogens is 1. The normalized spacial score (nSPS) is 10.8. The van der Waals surface area contributed by atoms with Gasteiger partial charge in [0.05, 0.1) is 0 Å². The standard InChI is InChI=1S/C12H13NS/c1-9(2)12-4-3-10(7-13-12)11-5-6-14-8-11/h3-9H,1-2H3. The van der Waals surface area contributed by atoms with Crippen LogP contribution in [0.3, 0.4) is 0 Å². The van der Waals surface area contributed by atoms with E-state index in [1.165, 1.54) is 11.1 Å². The SMILES string of the molecule is CC(C)c1ccc(-c2ccsc2)cn1. The zero-order chi connectivity index (χ0) is 9.97. The van der Waals surface area contributed by atoms with Crippen molar-refractivity contribution in [3.05, 3.63) is 40.8 Å². The minimum Gasteiger partial charge on any atom is -0.260 e. The molecule has 0 saturated carbocycles. The third kappa shape index (κ3) is 1.85. The summed E-state index contributed by atoms with van der Waals surface area (Å²) in [6.07, 6.45) is 1.96. The molecule has 72 valence electrons. The predicted molar refractivity (Wildman–Crippen MR) is 61.6 cm³/mol. The van der Waals surface area contributed by atoms with E-state index in [4.69, 9.17) is 0 Å². The predicted octanol–water partition coefficient (Wildman–Crippen LogP) is 3.93. The van der Waals surface area contributed by atoms with Crippen molar-refractivity contribution < 1.29 is 0 Å². The summed E-state index contributed by atoms with van der Waals surface area (Å²) < 4.78 is 0. The first-order valence-electron chi connectivity index (χ1n) is 4.76. The number of hydrogen-bond donors (Lipinski definition) is 0. The van der Waals surface area contributed by atoms with Gasteiger partial charge >= 0.3 is 0 Å². The third-order valence-corrected chi connectivity index (χ3v) is 2.92. The third-order valence-electron chi connectivity index (χ3n) is 2.23. The van der Waals surface area contributed by atoms with Crippen molar-refractivity contribution in [1.82, 2.24) is 4.98 Å². The summed E-state index contributed by atoms with van der Waals surface area (Å²) in [5, 5.41) is 4.23. The van der Waals surface area contributed by atoms with E-state index in [1.54, 1.807) is 11.3 Å². The Hall–Kier alpha value is -1.15. The van der Waals surface area contributed by atoms with Gasteiger partial charge in [-0.1, -0.05) is 19.9 Å². The summed E-state index contributed by atoms with van der Waals surface area (Å²) in [6, 6.07) is 6.37. The van der Waals surface area contributed by atoms with Crippen LogP contribution in [-0.4, -0.2) is 4.98 Å². The van der Waals surface area contributed by atoms with Crippen molar-refractivity contribution in [2.45, 2.75) is 19.8 Å². The zero-order valence-electron chi connectivity index (χ0n) is 8.40. The molecule has 2 aromatic heterocycles. The van der Waals surface area contributed by atoms with Crippen LogP contribution in [0.2, 0.25) is 0 Å². The van der Waals surface area contributed by atoms with Gasteiger partial charge in [0, 0.05) is 17.5 Å². The summed E-state index contributed by atoms with van der Waals surface area (Å²) in [6.45, 7) is 4.32. The molecule has 0 spiro atoms. The average molecular weight is 203 g/mol. The Balaban J connectivity index is 2.31. The van der Waals surface area contributed by atoms with Crippen LogP contribution in [-0.2, 0) is 0 Å². The van der Waals surface area contributed by atoms with Gasteiger partial charge in [-0.25, -0.2) is 0 Å². The molecule has 2 rings (SSSR count). The summed E-state index contributed by atoms with van der Waals surface area (Å²) in [7, 11) is 0. The van der Waals surface area contributed by atoms with Gasteiger partial charge in [-0.15, -0.1) is 0 Å². The average Bonchev–Trinajstić information content (AvgIpc) is 2.71. The smallest absolute Gasteiger partial charge is 0.0429 e. The fourth-order valence-corrected chi connectivity index (χ4v) is 2.01. The lowest BCUT2D eigenvalue weighted by Crippen LogP contribution is -1.91. The maximum absolute atomic E-state index is 4.44. The monoisotopic (exact) mass is 203 g/mol. The Kier molecular flexibility index (Phi) is 2.64. The van der Waals surface area contributed by atoms with E-state index in [0.29, 0.717) is 5.92 Å². The van der Waals surface area contributed by atoms with Crippen LogP contribution < -0.4 is 0 Å². The number of pyridine rings is 1. The molecule has 0 fully saturated rings. The second-order valence-electron chi connectivity index (χ2n) is 3.64. The van der Waals surface area contributed by atoms with Crippen molar-refractivity contribution in [2.75, 3.05) is 0 Å². The van der Waals surface area contributed by atoms with Gasteiger partial charge < -0.3 is 0 Å². The lowest BCUT2D eigenvalue weighted by Gasteiger charge is -2.04. The van der Waals surface area contributed by atoms with Gasteiger partial charge in [-0.3, -0.25) is 4.98 Å². The van der Waals surface area contributed by atoms with Crippen LogP contribution in [0.1, 0.15) is 25.5 Å². The van der Waals surface area contributed by atoms with Crippen LogP contribution >= 0.6 is 11.3 Å². The lowest BCUT2D eigenvalue weighted by atomic mass is 10.1. The van der Waals surface area contributed by atoms with E-state index in [2.05, 4.69) is 47.8 Å². The largest absolute Gasteiger partial charge is 0.260 e. The van der Waals surface area contributed by atoms with Crippen LogP contribution in [0.15, 0.2) is 35.2 Å². The minimum atomic E-state index is 0.506. The Morgan fingerprint density at radius 1 is 1.14 bits per heavy atom. The molecule has 0 radical (unpaired) electrons. The molecule has 0 aromatic carbocycles.